The molecule has 4 N–H and O–H groups in total. The van der Waals surface area contributed by atoms with Gasteiger partial charge in [-0.05, 0) is 75.9 Å². The molecule has 1 aliphatic carbocycles. The van der Waals surface area contributed by atoms with Gasteiger partial charge in [0.1, 0.15) is 39.8 Å². The van der Waals surface area contributed by atoms with Crippen LogP contribution >= 0.6 is 11.3 Å². The van der Waals surface area contributed by atoms with Gasteiger partial charge >= 0.3 is 0 Å². The average molecular weight is 864 g/mol. The maximum Gasteiger partial charge on any atom is 0.266 e. The molecule has 318 valence electrons. The van der Waals surface area contributed by atoms with E-state index in [1.54, 1.807) is 55.6 Å². The van der Waals surface area contributed by atoms with Crippen LogP contribution in [-0.2, 0) is 19.6 Å². The standard InChI is InChI=1S/C45H49N7O7S2/c1-28(2)47-44-49-37(27-60-44)36-24-39(33-20-19-31(58-3)22-35(33)48-36)59-32-23-38(52(26-32)42(54)29-14-8-7-9-15-29)41(53)50-45-25-30(45)16-10-5-4-6-13-21-46-34-17-11-12-18-40(34)61(56,57)51-43(45)55/h7-12,14-20,22,24,27-28,30,32,38,46H,4-6,13,21,23,25-26H2,1-3H3,(H,47,49)(H,50,53)(H,51,55)/t30-,32-,38+,45-/m1/s1. The zero-order chi connectivity index (χ0) is 42.7. The Morgan fingerprint density at radius 3 is 2.59 bits per heavy atom. The van der Waals surface area contributed by atoms with Crippen molar-refractivity contribution in [1.82, 2.24) is 24.9 Å². The van der Waals surface area contributed by atoms with Gasteiger partial charge in [0, 0.05) is 53.4 Å². The molecule has 2 aromatic heterocycles. The van der Waals surface area contributed by atoms with Gasteiger partial charge in [0.2, 0.25) is 5.91 Å². The third-order valence-electron chi connectivity index (χ3n) is 11.2. The third-order valence-corrected chi connectivity index (χ3v) is 13.4. The molecule has 0 unspecified atom stereocenters. The number of methoxy groups -OCH3 is 1. The molecule has 0 radical (unpaired) electrons. The molecule has 5 aromatic rings. The molecule has 0 spiro atoms. The van der Waals surface area contributed by atoms with Gasteiger partial charge in [-0.25, -0.2) is 23.1 Å². The quantitative estimate of drug-likeness (QED) is 0.115. The summed E-state index contributed by atoms with van der Waals surface area (Å²) in [5, 5.41) is 12.9. The second-order valence-corrected chi connectivity index (χ2v) is 18.5. The molecule has 2 fully saturated rings. The first-order valence-corrected chi connectivity index (χ1v) is 22.9. The van der Waals surface area contributed by atoms with Gasteiger partial charge in [-0.15, -0.1) is 11.3 Å². The molecular weight excluding hydrogens is 815 g/mol. The summed E-state index contributed by atoms with van der Waals surface area (Å²) in [7, 11) is -2.76. The van der Waals surface area contributed by atoms with E-state index in [9.17, 15) is 22.8 Å². The van der Waals surface area contributed by atoms with Crippen molar-refractivity contribution in [2.75, 3.05) is 30.8 Å². The van der Waals surface area contributed by atoms with Crippen LogP contribution in [0.5, 0.6) is 11.5 Å². The molecule has 14 nitrogen and oxygen atoms in total. The summed E-state index contributed by atoms with van der Waals surface area (Å²) in [5.41, 5.74) is 1.05. The Bertz CT molecular complexity index is 2580. The van der Waals surface area contributed by atoms with Crippen molar-refractivity contribution >= 4 is 60.8 Å². The van der Waals surface area contributed by atoms with E-state index in [-0.39, 0.29) is 36.2 Å². The first kappa shape index (κ1) is 41.7. The second-order valence-electron chi connectivity index (χ2n) is 15.9. The van der Waals surface area contributed by atoms with E-state index in [0.717, 1.165) is 30.8 Å². The number of carbonyl (C=O) groups is 3. The highest BCUT2D eigenvalue weighted by Gasteiger charge is 2.61. The Hall–Kier alpha value is -6.00. The number of sulfonamides is 1. The maximum absolute atomic E-state index is 14.7. The number of likely N-dealkylation sites (tertiary alicyclic amines) is 1. The summed E-state index contributed by atoms with van der Waals surface area (Å²) in [6.45, 7) is 4.71. The summed E-state index contributed by atoms with van der Waals surface area (Å²) in [6, 6.07) is 21.5. The first-order valence-electron chi connectivity index (χ1n) is 20.6. The predicted octanol–water partition coefficient (Wildman–Crippen LogP) is 6.77. The van der Waals surface area contributed by atoms with Crippen molar-refractivity contribution in [3.8, 4) is 22.9 Å². The van der Waals surface area contributed by atoms with Crippen molar-refractivity contribution in [2.24, 2.45) is 5.92 Å². The molecule has 3 amide bonds. The number of nitrogens with one attached hydrogen (secondary N) is 4. The Balaban J connectivity index is 1.10. The van der Waals surface area contributed by atoms with Crippen LogP contribution in [0.3, 0.4) is 0 Å². The fourth-order valence-corrected chi connectivity index (χ4v) is 10.0. The number of fused-ring (bicyclic) bond motifs is 3. The van der Waals surface area contributed by atoms with Gasteiger partial charge in [0.15, 0.2) is 5.13 Å². The number of hydrogen-bond donors (Lipinski definition) is 4. The molecule has 2 aliphatic heterocycles. The lowest BCUT2D eigenvalue weighted by Crippen LogP contribution is -2.56. The number of benzene rings is 3. The monoisotopic (exact) mass is 863 g/mol. The average Bonchev–Trinajstić information content (AvgIpc) is 3.51. The number of allylic oxidation sites excluding steroid dienone is 1. The summed E-state index contributed by atoms with van der Waals surface area (Å²) in [6.07, 6.45) is 6.96. The number of aromatic nitrogens is 2. The number of rotatable bonds is 9. The smallest absolute Gasteiger partial charge is 0.266 e. The molecule has 4 atom stereocenters. The van der Waals surface area contributed by atoms with Crippen molar-refractivity contribution < 1.29 is 32.3 Å². The lowest BCUT2D eigenvalue weighted by molar-refractivity contribution is -0.131. The van der Waals surface area contributed by atoms with Crippen molar-refractivity contribution in [2.45, 2.75) is 81.0 Å². The largest absolute Gasteiger partial charge is 0.497 e. The normalized spacial score (nSPS) is 22.5. The number of ether oxygens (including phenoxy) is 2. The second kappa shape index (κ2) is 17.5. The van der Waals surface area contributed by atoms with Gasteiger partial charge < -0.3 is 30.3 Å². The number of anilines is 2. The number of amides is 3. The van der Waals surface area contributed by atoms with E-state index in [0.29, 0.717) is 51.6 Å². The number of nitrogens with zero attached hydrogens (tertiary/aromatic N) is 3. The highest BCUT2D eigenvalue weighted by atomic mass is 32.2. The van der Waals surface area contributed by atoms with Crippen LogP contribution in [0.4, 0.5) is 10.8 Å². The molecular formula is C45H49N7O7S2. The van der Waals surface area contributed by atoms with Gasteiger partial charge in [-0.2, -0.15) is 0 Å². The minimum absolute atomic E-state index is 0.0565. The highest BCUT2D eigenvalue weighted by Crippen LogP contribution is 2.46. The zero-order valence-electron chi connectivity index (χ0n) is 34.2. The van der Waals surface area contributed by atoms with E-state index in [4.69, 9.17) is 19.4 Å². The fraction of sp³-hybridized carbons (Fsp3) is 0.356. The van der Waals surface area contributed by atoms with Crippen LogP contribution in [-0.4, -0.2) is 84.9 Å². The van der Waals surface area contributed by atoms with Gasteiger partial charge in [-0.1, -0.05) is 48.9 Å². The molecule has 1 saturated carbocycles. The molecule has 3 aromatic carbocycles. The lowest BCUT2D eigenvalue weighted by Gasteiger charge is -2.26. The molecule has 61 heavy (non-hydrogen) atoms. The molecule has 1 saturated heterocycles. The van der Waals surface area contributed by atoms with E-state index in [2.05, 4.69) is 20.7 Å². The van der Waals surface area contributed by atoms with Crippen LogP contribution in [0.15, 0.2) is 101 Å². The molecule has 0 bridgehead atoms. The topological polar surface area (TPSA) is 181 Å². The minimum Gasteiger partial charge on any atom is -0.497 e. The maximum atomic E-state index is 14.7. The van der Waals surface area contributed by atoms with Crippen molar-refractivity contribution in [3.05, 3.63) is 102 Å². The predicted molar refractivity (Wildman–Crippen MR) is 235 cm³/mol. The van der Waals surface area contributed by atoms with Gasteiger partial charge in [0.05, 0.1) is 30.6 Å². The summed E-state index contributed by atoms with van der Waals surface area (Å²) in [4.78, 5) is 54.2. The fourth-order valence-electron chi connectivity index (χ4n) is 7.97. The highest BCUT2D eigenvalue weighted by molar-refractivity contribution is 7.90. The lowest BCUT2D eigenvalue weighted by atomic mass is 10.1. The van der Waals surface area contributed by atoms with E-state index in [1.807, 2.05) is 55.6 Å². The minimum atomic E-state index is -4.34. The van der Waals surface area contributed by atoms with Gasteiger partial charge in [-0.3, -0.25) is 14.4 Å². The number of thiazole rings is 1. The van der Waals surface area contributed by atoms with Crippen molar-refractivity contribution in [3.63, 3.8) is 0 Å². The summed E-state index contributed by atoms with van der Waals surface area (Å²) >= 11 is 1.47. The molecule has 3 aliphatic rings. The molecule has 4 heterocycles. The molecule has 8 rings (SSSR count). The Labute approximate surface area is 359 Å². The zero-order valence-corrected chi connectivity index (χ0v) is 35.9. The first-order chi connectivity index (χ1) is 29.4. The van der Waals surface area contributed by atoms with E-state index >= 15 is 0 Å². The van der Waals surface area contributed by atoms with E-state index < -0.39 is 45.4 Å². The summed E-state index contributed by atoms with van der Waals surface area (Å²) in [5.74, 6) is -1.17. The van der Waals surface area contributed by atoms with Crippen LogP contribution in [0, 0.1) is 5.92 Å². The van der Waals surface area contributed by atoms with Crippen LogP contribution in [0.25, 0.3) is 22.3 Å². The van der Waals surface area contributed by atoms with Crippen molar-refractivity contribution in [1.29, 1.82) is 0 Å². The number of para-hydroxylation sites is 1. The molecule has 16 heteroatoms. The third kappa shape index (κ3) is 9.05. The van der Waals surface area contributed by atoms with Crippen LogP contribution < -0.4 is 30.1 Å². The number of carbonyl (C=O) groups excluding carboxylic acids is 3. The summed E-state index contributed by atoms with van der Waals surface area (Å²) < 4.78 is 42.2. The van der Waals surface area contributed by atoms with Crippen LogP contribution in [0.1, 0.15) is 62.7 Å². The number of pyridine rings is 1. The van der Waals surface area contributed by atoms with E-state index in [1.165, 1.54) is 22.3 Å². The number of hydrogen-bond acceptors (Lipinski definition) is 12. The Morgan fingerprint density at radius 1 is 0.984 bits per heavy atom. The van der Waals surface area contributed by atoms with Crippen LogP contribution in [0.2, 0.25) is 0 Å². The van der Waals surface area contributed by atoms with Gasteiger partial charge in [0.25, 0.3) is 21.8 Å². The Kier molecular flexibility index (Phi) is 12.0. The Morgan fingerprint density at radius 2 is 1.79 bits per heavy atom. The SMILES string of the molecule is COc1ccc2c(O[C@@H]3C[C@@H](C(=O)N[C@]45C[C@H]4C=CCCCCCNc4ccccc4S(=O)(=O)NC5=O)N(C(=O)c4ccccc4)C3)cc(-c3csc(NC(C)C)n3)nc2c1.